The van der Waals surface area contributed by atoms with Crippen LogP contribution in [-0.4, -0.2) is 108 Å². The molecule has 2 aliphatic rings. The number of rotatable bonds is 11. The molecule has 5 aromatic rings. The standard InChI is InChI=1S/C34H34N10O8S2/c45-53(46,47)27-12-6-4-8-23(27)22-26(25-11-5-7-13-28(25)54(48,49)50)36-32-38-30(40-34(42-32)44-16-20-52-21-17-44)29-37-31(35-24-9-2-1-3-10-24)41-33(39-29)43-14-18-51-19-15-43/h1-13,22H,14-21H2,(H,45,46,47)(H,48,49,50)(H,35,37,39,41)(H,36,38,40,42). The number of ether oxygens (including phenoxy) is 2. The lowest BCUT2D eigenvalue weighted by atomic mass is 10.1. The number of aromatic nitrogens is 6. The number of nitrogens with zero attached hydrogens (tertiary/aromatic N) is 8. The fraction of sp³-hybridized carbons (Fsp3) is 0.235. The summed E-state index contributed by atoms with van der Waals surface area (Å²) in [5.74, 6) is 0.813. The van der Waals surface area contributed by atoms with E-state index < -0.39 is 30.0 Å². The second-order valence-corrected chi connectivity index (χ2v) is 14.7. The third-order valence-corrected chi connectivity index (χ3v) is 10.1. The Hall–Kier alpha value is -5.64. The highest BCUT2D eigenvalue weighted by molar-refractivity contribution is 7.86. The van der Waals surface area contributed by atoms with Gasteiger partial charge in [0.2, 0.25) is 35.4 Å². The van der Waals surface area contributed by atoms with Crippen LogP contribution in [0.4, 0.5) is 29.5 Å². The van der Waals surface area contributed by atoms with Crippen molar-refractivity contribution in [2.24, 2.45) is 0 Å². The van der Waals surface area contributed by atoms with Gasteiger partial charge in [-0.15, -0.1) is 0 Å². The minimum absolute atomic E-state index is 0.000397. The van der Waals surface area contributed by atoms with Crippen molar-refractivity contribution in [1.82, 2.24) is 29.9 Å². The summed E-state index contributed by atoms with van der Waals surface area (Å²) < 4.78 is 81.1. The molecule has 2 saturated heterocycles. The van der Waals surface area contributed by atoms with Crippen LogP contribution in [0.1, 0.15) is 11.1 Å². The topological polar surface area (TPSA) is 235 Å². The van der Waals surface area contributed by atoms with Crippen LogP contribution in [0.3, 0.4) is 0 Å². The highest BCUT2D eigenvalue weighted by Gasteiger charge is 2.25. The summed E-state index contributed by atoms with van der Waals surface area (Å²) in [6.45, 7) is 3.70. The van der Waals surface area contributed by atoms with Gasteiger partial charge in [0.05, 0.1) is 32.1 Å². The van der Waals surface area contributed by atoms with Gasteiger partial charge in [-0.1, -0.05) is 54.6 Å². The van der Waals surface area contributed by atoms with E-state index >= 15 is 0 Å². The summed E-state index contributed by atoms with van der Waals surface area (Å²) >= 11 is 0. The summed E-state index contributed by atoms with van der Waals surface area (Å²) in [5.41, 5.74) is 0.635. The summed E-state index contributed by atoms with van der Waals surface area (Å²) in [7, 11) is -9.51. The van der Waals surface area contributed by atoms with Crippen molar-refractivity contribution in [3.63, 3.8) is 0 Å². The Kier molecular flexibility index (Phi) is 10.7. The quantitative estimate of drug-likeness (QED) is 0.111. The molecule has 0 aliphatic carbocycles. The van der Waals surface area contributed by atoms with Crippen molar-refractivity contribution in [3.05, 3.63) is 90.0 Å². The molecule has 4 heterocycles. The zero-order valence-corrected chi connectivity index (χ0v) is 30.1. The molecule has 2 fully saturated rings. The Morgan fingerprint density at radius 2 is 1.11 bits per heavy atom. The average molecular weight is 775 g/mol. The van der Waals surface area contributed by atoms with Gasteiger partial charge < -0.3 is 29.9 Å². The van der Waals surface area contributed by atoms with E-state index in [0.717, 1.165) is 5.69 Å². The Morgan fingerprint density at radius 1 is 0.611 bits per heavy atom. The monoisotopic (exact) mass is 774 g/mol. The van der Waals surface area contributed by atoms with E-state index in [-0.39, 0.29) is 46.3 Å². The zero-order valence-electron chi connectivity index (χ0n) is 28.5. The Bertz CT molecular complexity index is 2390. The Balaban J connectivity index is 1.40. The van der Waals surface area contributed by atoms with Crippen LogP contribution in [0.5, 0.6) is 0 Å². The largest absolute Gasteiger partial charge is 0.378 e. The minimum atomic E-state index is -4.80. The van der Waals surface area contributed by atoms with E-state index in [9.17, 15) is 25.9 Å². The van der Waals surface area contributed by atoms with E-state index in [4.69, 9.17) is 19.4 Å². The van der Waals surface area contributed by atoms with E-state index in [0.29, 0.717) is 58.6 Å². The molecule has 2 aliphatic heterocycles. The molecule has 4 N–H and O–H groups in total. The fourth-order valence-electron chi connectivity index (χ4n) is 5.71. The van der Waals surface area contributed by atoms with E-state index in [2.05, 4.69) is 30.6 Å². The lowest BCUT2D eigenvalue weighted by Crippen LogP contribution is -2.38. The third-order valence-electron chi connectivity index (χ3n) is 8.26. The molecule has 0 saturated carbocycles. The highest BCUT2D eigenvalue weighted by atomic mass is 32.2. The van der Waals surface area contributed by atoms with Gasteiger partial charge in [0.15, 0.2) is 0 Å². The molecule has 20 heteroatoms. The molecule has 0 unspecified atom stereocenters. The first-order valence-corrected chi connectivity index (χ1v) is 19.5. The minimum Gasteiger partial charge on any atom is -0.378 e. The van der Waals surface area contributed by atoms with Crippen LogP contribution in [0.15, 0.2) is 88.7 Å². The normalized spacial score (nSPS) is 15.6. The van der Waals surface area contributed by atoms with Crippen LogP contribution in [0, 0.1) is 0 Å². The summed E-state index contributed by atoms with van der Waals surface area (Å²) in [6.07, 6.45) is 1.30. The number of para-hydroxylation sites is 1. The molecule has 0 atom stereocenters. The average Bonchev–Trinajstić information content (AvgIpc) is 3.18. The van der Waals surface area contributed by atoms with Gasteiger partial charge >= 0.3 is 0 Å². The van der Waals surface area contributed by atoms with E-state index in [1.807, 2.05) is 40.1 Å². The van der Waals surface area contributed by atoms with Crippen LogP contribution in [0.2, 0.25) is 0 Å². The summed E-state index contributed by atoms with van der Waals surface area (Å²) in [4.78, 5) is 31.1. The molecule has 2 aromatic heterocycles. The van der Waals surface area contributed by atoms with Gasteiger partial charge in [0.25, 0.3) is 20.2 Å². The molecular weight excluding hydrogens is 741 g/mol. The second-order valence-electron chi connectivity index (χ2n) is 11.9. The Labute approximate surface area is 310 Å². The van der Waals surface area contributed by atoms with Gasteiger partial charge in [-0.3, -0.25) is 9.11 Å². The van der Waals surface area contributed by atoms with Gasteiger partial charge in [0, 0.05) is 37.4 Å². The number of anilines is 5. The first kappa shape index (κ1) is 36.7. The molecule has 280 valence electrons. The van der Waals surface area contributed by atoms with Crippen LogP contribution >= 0.6 is 0 Å². The van der Waals surface area contributed by atoms with Gasteiger partial charge in [-0.05, 0) is 35.9 Å². The highest BCUT2D eigenvalue weighted by Crippen LogP contribution is 2.30. The predicted molar refractivity (Wildman–Crippen MR) is 198 cm³/mol. The van der Waals surface area contributed by atoms with Crippen LogP contribution < -0.4 is 20.4 Å². The first-order valence-electron chi connectivity index (χ1n) is 16.6. The number of hydrogen-bond acceptors (Lipinski definition) is 16. The summed E-state index contributed by atoms with van der Waals surface area (Å²) in [5, 5.41) is 6.24. The number of benzene rings is 3. The summed E-state index contributed by atoms with van der Waals surface area (Å²) in [6, 6.07) is 20.5. The van der Waals surface area contributed by atoms with Crippen LogP contribution in [0.25, 0.3) is 23.4 Å². The van der Waals surface area contributed by atoms with Crippen molar-refractivity contribution in [2.75, 3.05) is 73.0 Å². The molecule has 3 aromatic carbocycles. The lowest BCUT2D eigenvalue weighted by molar-refractivity contribution is 0.122. The Morgan fingerprint density at radius 3 is 1.70 bits per heavy atom. The van der Waals surface area contributed by atoms with Crippen molar-refractivity contribution in [3.8, 4) is 11.6 Å². The SMILES string of the molecule is O=S(=O)(O)c1ccccc1C=C(Nc1nc(-c2nc(Nc3ccccc3)nc(N3CCOCC3)n2)nc(N2CCOCC2)n1)c1ccccc1S(=O)(=O)O. The molecule has 0 spiro atoms. The molecular formula is C34H34N10O8S2. The molecule has 54 heavy (non-hydrogen) atoms. The number of morpholine rings is 2. The van der Waals surface area contributed by atoms with E-state index in [1.165, 1.54) is 54.6 Å². The molecule has 18 nitrogen and oxygen atoms in total. The van der Waals surface area contributed by atoms with Gasteiger partial charge in [-0.2, -0.15) is 46.7 Å². The fourth-order valence-corrected chi connectivity index (χ4v) is 7.09. The smallest absolute Gasteiger partial charge is 0.295 e. The zero-order chi connectivity index (χ0) is 37.7. The van der Waals surface area contributed by atoms with Gasteiger partial charge in [0.1, 0.15) is 9.79 Å². The predicted octanol–water partition coefficient (Wildman–Crippen LogP) is 3.24. The van der Waals surface area contributed by atoms with Crippen molar-refractivity contribution in [2.45, 2.75) is 9.79 Å². The van der Waals surface area contributed by atoms with Crippen molar-refractivity contribution in [1.29, 1.82) is 0 Å². The maximum absolute atomic E-state index is 12.6. The maximum atomic E-state index is 12.6. The lowest BCUT2D eigenvalue weighted by Gasteiger charge is -2.28. The van der Waals surface area contributed by atoms with Crippen LogP contribution in [-0.2, 0) is 29.7 Å². The molecule has 7 rings (SSSR count). The third kappa shape index (κ3) is 8.76. The van der Waals surface area contributed by atoms with Gasteiger partial charge in [-0.25, -0.2) is 0 Å². The van der Waals surface area contributed by atoms with Crippen molar-refractivity contribution >= 4 is 61.5 Å². The second kappa shape index (κ2) is 15.8. The maximum Gasteiger partial charge on any atom is 0.295 e. The number of nitrogens with one attached hydrogen (secondary N) is 2. The first-order chi connectivity index (χ1) is 26.0. The van der Waals surface area contributed by atoms with Crippen molar-refractivity contribution < 1.29 is 35.4 Å². The molecule has 0 radical (unpaired) electrons. The van der Waals surface area contributed by atoms with E-state index in [1.54, 1.807) is 0 Å². The molecule has 0 amide bonds. The molecule has 0 bridgehead atoms. The number of hydrogen-bond donors (Lipinski definition) is 4.